The van der Waals surface area contributed by atoms with Crippen LogP contribution in [-0.2, 0) is 14.3 Å². The maximum Gasteiger partial charge on any atom is 0.220 e. The van der Waals surface area contributed by atoms with Gasteiger partial charge in [-0.15, -0.1) is 0 Å². The molecule has 7 atom stereocenters. The summed E-state index contributed by atoms with van der Waals surface area (Å²) in [6.45, 7) is 3.77. The molecule has 1 aliphatic heterocycles. The summed E-state index contributed by atoms with van der Waals surface area (Å²) in [5.41, 5.74) is 0. The molecule has 0 spiro atoms. The molecule has 1 heterocycles. The second-order valence-corrected chi connectivity index (χ2v) is 13.4. The van der Waals surface area contributed by atoms with E-state index in [4.69, 9.17) is 9.47 Å². The Morgan fingerprint density at radius 1 is 0.717 bits per heavy atom. The molecule has 6 N–H and O–H groups in total. The molecule has 0 bridgehead atoms. The molecule has 9 nitrogen and oxygen atoms in total. The zero-order valence-corrected chi connectivity index (χ0v) is 29.3. The van der Waals surface area contributed by atoms with E-state index in [0.717, 1.165) is 51.4 Å². The summed E-state index contributed by atoms with van der Waals surface area (Å²) in [6, 6.07) is -0.715. The number of carbonyl (C=O) groups is 1. The second-order valence-electron chi connectivity index (χ2n) is 13.4. The van der Waals surface area contributed by atoms with Gasteiger partial charge >= 0.3 is 0 Å². The number of ether oxygens (including phenoxy) is 2. The van der Waals surface area contributed by atoms with Crippen molar-refractivity contribution in [3.63, 3.8) is 0 Å². The monoisotopic (exact) mass is 658 g/mol. The lowest BCUT2D eigenvalue weighted by Gasteiger charge is -2.40. The van der Waals surface area contributed by atoms with Crippen LogP contribution in [0, 0.1) is 0 Å². The van der Waals surface area contributed by atoms with Crippen LogP contribution in [0.5, 0.6) is 0 Å². The van der Waals surface area contributed by atoms with Gasteiger partial charge in [0, 0.05) is 6.42 Å². The first-order chi connectivity index (χ1) is 22.3. The van der Waals surface area contributed by atoms with Gasteiger partial charge in [0.2, 0.25) is 5.91 Å². The van der Waals surface area contributed by atoms with Gasteiger partial charge in [-0.1, -0.05) is 129 Å². The number of carbonyl (C=O) groups excluding carboxylic acids is 1. The van der Waals surface area contributed by atoms with Crippen LogP contribution >= 0.6 is 0 Å². The lowest BCUT2D eigenvalue weighted by molar-refractivity contribution is -0.302. The molecule has 1 rings (SSSR count). The van der Waals surface area contributed by atoms with E-state index >= 15 is 0 Å². The third-order valence-electron chi connectivity index (χ3n) is 9.12. The average Bonchev–Trinajstić information content (AvgIpc) is 3.05. The number of unbranched alkanes of at least 4 members (excludes halogenated alkanes) is 18. The standard InChI is InChI=1S/C37H71NO8/c1-3-5-7-9-11-13-14-15-16-17-19-21-23-25-27-33(41)38-30(31(40)26-24-22-20-18-12-10-8-6-4-2)29-45-37-36(44)35(43)34(42)32(28-39)46-37/h14-15,30-32,34-37,39-40,42-44H,3-13,16-29H2,1-2H3,(H,38,41)/b15-14+/t30-,31+,32-,34-,35?,36?,37-/m0/s1. The van der Waals surface area contributed by atoms with Crippen LogP contribution in [0.3, 0.4) is 0 Å². The molecular formula is C37H71NO8. The van der Waals surface area contributed by atoms with Crippen LogP contribution in [0.15, 0.2) is 12.2 Å². The van der Waals surface area contributed by atoms with Crippen molar-refractivity contribution in [2.45, 2.75) is 204 Å². The topological polar surface area (TPSA) is 149 Å². The minimum atomic E-state index is -1.55. The summed E-state index contributed by atoms with van der Waals surface area (Å²) < 4.78 is 11.2. The first kappa shape index (κ1) is 43.0. The first-order valence-corrected chi connectivity index (χ1v) is 18.9. The molecule has 272 valence electrons. The van der Waals surface area contributed by atoms with Gasteiger partial charge in [0.1, 0.15) is 24.4 Å². The average molecular weight is 658 g/mol. The second kappa shape index (κ2) is 28.9. The van der Waals surface area contributed by atoms with Crippen LogP contribution in [0.1, 0.15) is 162 Å². The van der Waals surface area contributed by atoms with Crippen molar-refractivity contribution in [1.82, 2.24) is 5.32 Å². The summed E-state index contributed by atoms with van der Waals surface area (Å²) in [6.07, 6.45) is 22.2. The third-order valence-corrected chi connectivity index (χ3v) is 9.12. The van der Waals surface area contributed by atoms with Crippen LogP contribution in [0.25, 0.3) is 0 Å². The van der Waals surface area contributed by atoms with Gasteiger partial charge < -0.3 is 40.3 Å². The van der Waals surface area contributed by atoms with Gasteiger partial charge in [0.05, 0.1) is 25.4 Å². The lowest BCUT2D eigenvalue weighted by Crippen LogP contribution is -2.60. The first-order valence-electron chi connectivity index (χ1n) is 18.9. The highest BCUT2D eigenvalue weighted by atomic mass is 16.7. The summed E-state index contributed by atoms with van der Waals surface area (Å²) in [7, 11) is 0. The fraction of sp³-hybridized carbons (Fsp3) is 0.919. The van der Waals surface area contributed by atoms with Crippen molar-refractivity contribution < 1.29 is 39.8 Å². The number of amides is 1. The van der Waals surface area contributed by atoms with E-state index < -0.39 is 49.5 Å². The van der Waals surface area contributed by atoms with Crippen molar-refractivity contribution in [2.75, 3.05) is 13.2 Å². The molecular weight excluding hydrogens is 586 g/mol. The molecule has 2 unspecified atom stereocenters. The van der Waals surface area contributed by atoms with Crippen LogP contribution in [-0.4, -0.2) is 87.5 Å². The van der Waals surface area contributed by atoms with Crippen molar-refractivity contribution in [1.29, 1.82) is 0 Å². The normalized spacial score (nSPS) is 23.2. The minimum Gasteiger partial charge on any atom is -0.394 e. The van der Waals surface area contributed by atoms with Crippen molar-refractivity contribution >= 4 is 5.91 Å². The molecule has 46 heavy (non-hydrogen) atoms. The SMILES string of the molecule is CCCCCCC/C=C/CCCCCCCC(=O)N[C@@H](CO[C@H]1O[C@@H](CO)[C@H](O)C(O)C1O)[C@H](O)CCCCCCCCCCC. The lowest BCUT2D eigenvalue weighted by atomic mass is 9.99. The zero-order chi connectivity index (χ0) is 33.8. The quantitative estimate of drug-likeness (QED) is 0.0394. The maximum atomic E-state index is 12.8. The number of aliphatic hydroxyl groups excluding tert-OH is 5. The Bertz CT molecular complexity index is 736. The number of hydrogen-bond acceptors (Lipinski definition) is 8. The van der Waals surface area contributed by atoms with Gasteiger partial charge in [-0.2, -0.15) is 0 Å². The Kier molecular flexibility index (Phi) is 27.0. The minimum absolute atomic E-state index is 0.140. The van der Waals surface area contributed by atoms with E-state index in [-0.39, 0.29) is 12.5 Å². The highest BCUT2D eigenvalue weighted by Crippen LogP contribution is 2.23. The molecule has 0 aromatic rings. The van der Waals surface area contributed by atoms with E-state index in [9.17, 15) is 30.3 Å². The van der Waals surface area contributed by atoms with E-state index in [1.54, 1.807) is 0 Å². The largest absolute Gasteiger partial charge is 0.394 e. The van der Waals surface area contributed by atoms with Crippen LogP contribution in [0.2, 0.25) is 0 Å². The number of allylic oxidation sites excluding steroid dienone is 2. The Morgan fingerprint density at radius 2 is 1.22 bits per heavy atom. The number of hydrogen-bond donors (Lipinski definition) is 6. The van der Waals surface area contributed by atoms with Crippen molar-refractivity contribution in [2.24, 2.45) is 0 Å². The number of aliphatic hydroxyl groups is 5. The number of nitrogens with one attached hydrogen (secondary N) is 1. The highest BCUT2D eigenvalue weighted by Gasteiger charge is 2.44. The molecule has 0 aliphatic carbocycles. The van der Waals surface area contributed by atoms with Gasteiger partial charge in [-0.05, 0) is 38.5 Å². The maximum absolute atomic E-state index is 12.8. The molecule has 0 aromatic carbocycles. The summed E-state index contributed by atoms with van der Waals surface area (Å²) in [5, 5.41) is 53.9. The Morgan fingerprint density at radius 3 is 1.76 bits per heavy atom. The van der Waals surface area contributed by atoms with Crippen molar-refractivity contribution in [3.05, 3.63) is 12.2 Å². The molecule has 9 heteroatoms. The smallest absolute Gasteiger partial charge is 0.220 e. The van der Waals surface area contributed by atoms with Gasteiger partial charge in [-0.3, -0.25) is 4.79 Å². The summed E-state index contributed by atoms with van der Waals surface area (Å²) in [4.78, 5) is 12.8. The molecule has 0 radical (unpaired) electrons. The zero-order valence-electron chi connectivity index (χ0n) is 29.3. The van der Waals surface area contributed by atoms with Crippen LogP contribution in [0.4, 0.5) is 0 Å². The fourth-order valence-electron chi connectivity index (χ4n) is 5.98. The van der Waals surface area contributed by atoms with Crippen molar-refractivity contribution in [3.8, 4) is 0 Å². The Balaban J connectivity index is 2.42. The van der Waals surface area contributed by atoms with Crippen LogP contribution < -0.4 is 5.32 Å². The molecule has 1 saturated heterocycles. The predicted molar refractivity (Wildman–Crippen MR) is 184 cm³/mol. The van der Waals surface area contributed by atoms with Gasteiger partial charge in [-0.25, -0.2) is 0 Å². The van der Waals surface area contributed by atoms with E-state index in [1.807, 2.05) is 0 Å². The van der Waals surface area contributed by atoms with Gasteiger partial charge in [0.25, 0.3) is 0 Å². The Hall–Kier alpha value is -1.07. The molecule has 1 fully saturated rings. The number of rotatable bonds is 30. The summed E-state index contributed by atoms with van der Waals surface area (Å²) in [5.74, 6) is -0.157. The highest BCUT2D eigenvalue weighted by molar-refractivity contribution is 5.76. The van der Waals surface area contributed by atoms with E-state index in [2.05, 4.69) is 31.3 Å². The predicted octanol–water partition coefficient (Wildman–Crippen LogP) is 6.22. The molecule has 0 saturated carbocycles. The molecule has 1 aliphatic rings. The third kappa shape index (κ3) is 20.3. The molecule has 1 amide bonds. The van der Waals surface area contributed by atoms with E-state index in [1.165, 1.54) is 83.5 Å². The molecule has 0 aromatic heterocycles. The Labute approximate surface area is 280 Å². The van der Waals surface area contributed by atoms with Gasteiger partial charge in [0.15, 0.2) is 6.29 Å². The van der Waals surface area contributed by atoms with E-state index in [0.29, 0.717) is 12.8 Å². The fourth-order valence-corrected chi connectivity index (χ4v) is 5.98. The summed E-state index contributed by atoms with van der Waals surface area (Å²) >= 11 is 0.